The van der Waals surface area contributed by atoms with Gasteiger partial charge in [-0.3, -0.25) is 0 Å². The quantitative estimate of drug-likeness (QED) is 0.842. The first kappa shape index (κ1) is 11.2. The predicted octanol–water partition coefficient (Wildman–Crippen LogP) is 2.20. The van der Waals surface area contributed by atoms with Crippen molar-refractivity contribution in [2.24, 2.45) is 0 Å². The van der Waals surface area contributed by atoms with Gasteiger partial charge in [-0.15, -0.1) is 0 Å². The normalized spacial score (nSPS) is 9.94. The molecule has 5 nitrogen and oxygen atoms in total. The predicted molar refractivity (Wildman–Crippen MR) is 67.3 cm³/mol. The second-order valence-corrected chi connectivity index (χ2v) is 3.42. The Morgan fingerprint density at radius 1 is 1.29 bits per heavy atom. The lowest BCUT2D eigenvalue weighted by molar-refractivity contribution is 0.327. The van der Waals surface area contributed by atoms with Crippen LogP contribution in [0.2, 0.25) is 0 Å². The Balaban J connectivity index is 2.08. The lowest BCUT2D eigenvalue weighted by Gasteiger charge is -2.06. The van der Waals surface area contributed by atoms with Crippen LogP contribution in [-0.2, 0) is 0 Å². The summed E-state index contributed by atoms with van der Waals surface area (Å²) < 4.78 is 5.26. The monoisotopic (exact) mass is 230 g/mol. The summed E-state index contributed by atoms with van der Waals surface area (Å²) in [5.74, 6) is 1.30. The van der Waals surface area contributed by atoms with E-state index >= 15 is 0 Å². The number of nitrogens with zero attached hydrogens (tertiary/aromatic N) is 2. The second kappa shape index (κ2) is 5.16. The van der Waals surface area contributed by atoms with Crippen LogP contribution in [0.4, 0.5) is 17.2 Å². The molecule has 5 heteroatoms. The third-order valence-corrected chi connectivity index (χ3v) is 2.08. The van der Waals surface area contributed by atoms with Crippen molar-refractivity contribution in [1.29, 1.82) is 0 Å². The summed E-state index contributed by atoms with van der Waals surface area (Å²) >= 11 is 0. The van der Waals surface area contributed by atoms with Crippen molar-refractivity contribution < 1.29 is 4.74 Å². The summed E-state index contributed by atoms with van der Waals surface area (Å²) in [6, 6.07) is 7.18. The van der Waals surface area contributed by atoms with Crippen LogP contribution in [0.15, 0.2) is 36.7 Å². The number of anilines is 3. The van der Waals surface area contributed by atoms with Crippen LogP contribution in [0.25, 0.3) is 0 Å². The number of hydrogen-bond donors (Lipinski definition) is 2. The van der Waals surface area contributed by atoms with Gasteiger partial charge >= 0.3 is 0 Å². The highest BCUT2D eigenvalue weighted by Gasteiger charge is 1.98. The summed E-state index contributed by atoms with van der Waals surface area (Å²) in [5.41, 5.74) is 7.17. The van der Waals surface area contributed by atoms with Gasteiger partial charge in [-0.2, -0.15) is 0 Å². The number of nitrogens with one attached hydrogen (secondary N) is 1. The highest BCUT2D eigenvalue weighted by atomic mass is 16.5. The van der Waals surface area contributed by atoms with Crippen molar-refractivity contribution in [1.82, 2.24) is 9.97 Å². The molecule has 2 heterocycles. The van der Waals surface area contributed by atoms with Gasteiger partial charge in [0.2, 0.25) is 5.88 Å². The molecule has 17 heavy (non-hydrogen) atoms. The first-order chi connectivity index (χ1) is 8.28. The lowest BCUT2D eigenvalue weighted by atomic mass is 10.3. The summed E-state index contributed by atoms with van der Waals surface area (Å²) in [6.45, 7) is 2.53. The van der Waals surface area contributed by atoms with Crippen molar-refractivity contribution in [2.75, 3.05) is 17.7 Å². The zero-order valence-corrected chi connectivity index (χ0v) is 9.55. The zero-order valence-electron chi connectivity index (χ0n) is 9.55. The standard InChI is InChI=1S/C12H14N4O/c1-2-17-12-4-3-10(8-15-12)16-11-7-9(13)5-6-14-11/h3-8H,2H2,1H3,(H3,13,14,16). The maximum absolute atomic E-state index is 5.66. The molecule has 3 N–H and O–H groups in total. The maximum Gasteiger partial charge on any atom is 0.213 e. The van der Waals surface area contributed by atoms with E-state index in [0.29, 0.717) is 24.0 Å². The molecule has 0 saturated carbocycles. The summed E-state index contributed by atoms with van der Waals surface area (Å²) in [5, 5.41) is 3.10. The van der Waals surface area contributed by atoms with Gasteiger partial charge in [0.15, 0.2) is 0 Å². The molecule has 0 atom stereocenters. The Bertz CT molecular complexity index is 484. The Morgan fingerprint density at radius 3 is 2.82 bits per heavy atom. The van der Waals surface area contributed by atoms with E-state index in [2.05, 4.69) is 15.3 Å². The van der Waals surface area contributed by atoms with Crippen molar-refractivity contribution in [3.05, 3.63) is 36.7 Å². The van der Waals surface area contributed by atoms with Crippen LogP contribution >= 0.6 is 0 Å². The van der Waals surface area contributed by atoms with E-state index in [4.69, 9.17) is 10.5 Å². The van der Waals surface area contributed by atoms with E-state index in [1.54, 1.807) is 30.6 Å². The molecule has 0 aliphatic rings. The third-order valence-electron chi connectivity index (χ3n) is 2.08. The Labute approximate surface area is 99.7 Å². The Hall–Kier alpha value is -2.30. The molecule has 0 amide bonds. The van der Waals surface area contributed by atoms with Gasteiger partial charge in [0.1, 0.15) is 5.82 Å². The molecule has 0 aliphatic carbocycles. The first-order valence-electron chi connectivity index (χ1n) is 5.35. The second-order valence-electron chi connectivity index (χ2n) is 3.42. The van der Waals surface area contributed by atoms with Gasteiger partial charge in [0.25, 0.3) is 0 Å². The molecule has 2 aromatic heterocycles. The number of aromatic nitrogens is 2. The molecule has 2 rings (SSSR count). The molecule has 0 aromatic carbocycles. The third kappa shape index (κ3) is 3.07. The van der Waals surface area contributed by atoms with Gasteiger partial charge < -0.3 is 15.8 Å². The fourth-order valence-corrected chi connectivity index (χ4v) is 1.35. The summed E-state index contributed by atoms with van der Waals surface area (Å²) in [7, 11) is 0. The van der Waals surface area contributed by atoms with Gasteiger partial charge in [-0.05, 0) is 19.1 Å². The molecular formula is C12H14N4O. The van der Waals surface area contributed by atoms with Crippen LogP contribution in [-0.4, -0.2) is 16.6 Å². The zero-order chi connectivity index (χ0) is 12.1. The molecule has 0 spiro atoms. The molecule has 2 aromatic rings. The smallest absolute Gasteiger partial charge is 0.213 e. The number of pyridine rings is 2. The fraction of sp³-hybridized carbons (Fsp3) is 0.167. The molecule has 0 aliphatic heterocycles. The SMILES string of the molecule is CCOc1ccc(Nc2cc(N)ccn2)cn1. The molecule has 88 valence electrons. The van der Waals surface area contributed by atoms with Crippen LogP contribution in [0, 0.1) is 0 Å². The van der Waals surface area contributed by atoms with E-state index in [-0.39, 0.29) is 0 Å². The van der Waals surface area contributed by atoms with E-state index in [9.17, 15) is 0 Å². The number of nitrogen functional groups attached to an aromatic ring is 1. The van der Waals surface area contributed by atoms with Crippen molar-refractivity contribution >= 4 is 17.2 Å². The molecule has 0 radical (unpaired) electrons. The van der Waals surface area contributed by atoms with E-state index < -0.39 is 0 Å². The van der Waals surface area contributed by atoms with Crippen LogP contribution in [0.5, 0.6) is 5.88 Å². The van der Waals surface area contributed by atoms with Crippen LogP contribution in [0.1, 0.15) is 6.92 Å². The summed E-state index contributed by atoms with van der Waals surface area (Å²) in [4.78, 5) is 8.29. The number of hydrogen-bond acceptors (Lipinski definition) is 5. The van der Waals surface area contributed by atoms with Crippen LogP contribution < -0.4 is 15.8 Å². The molecule has 0 fully saturated rings. The van der Waals surface area contributed by atoms with Crippen molar-refractivity contribution in [3.8, 4) is 5.88 Å². The Kier molecular flexibility index (Phi) is 3.40. The molecule has 0 unspecified atom stereocenters. The number of nitrogens with two attached hydrogens (primary N) is 1. The minimum Gasteiger partial charge on any atom is -0.478 e. The Morgan fingerprint density at radius 2 is 2.18 bits per heavy atom. The van der Waals surface area contributed by atoms with Gasteiger partial charge in [0.05, 0.1) is 18.5 Å². The average molecular weight is 230 g/mol. The minimum atomic E-state index is 0.608. The summed E-state index contributed by atoms with van der Waals surface area (Å²) in [6.07, 6.45) is 3.34. The van der Waals surface area contributed by atoms with Crippen LogP contribution in [0.3, 0.4) is 0 Å². The van der Waals surface area contributed by atoms with Crippen molar-refractivity contribution in [3.63, 3.8) is 0 Å². The minimum absolute atomic E-state index is 0.608. The van der Waals surface area contributed by atoms with Gasteiger partial charge in [0, 0.05) is 24.0 Å². The average Bonchev–Trinajstić information content (AvgIpc) is 2.32. The molecule has 0 bridgehead atoms. The first-order valence-corrected chi connectivity index (χ1v) is 5.35. The van der Waals surface area contributed by atoms with E-state index in [1.807, 2.05) is 13.0 Å². The number of ether oxygens (including phenoxy) is 1. The lowest BCUT2D eigenvalue weighted by Crippen LogP contribution is -1.97. The molecule has 0 saturated heterocycles. The van der Waals surface area contributed by atoms with E-state index in [1.165, 1.54) is 0 Å². The van der Waals surface area contributed by atoms with Crippen molar-refractivity contribution in [2.45, 2.75) is 6.92 Å². The number of rotatable bonds is 4. The largest absolute Gasteiger partial charge is 0.478 e. The molecular weight excluding hydrogens is 216 g/mol. The van der Waals surface area contributed by atoms with E-state index in [0.717, 1.165) is 5.69 Å². The maximum atomic E-state index is 5.66. The highest BCUT2D eigenvalue weighted by molar-refractivity contribution is 5.58. The van der Waals surface area contributed by atoms with Gasteiger partial charge in [-0.25, -0.2) is 9.97 Å². The topological polar surface area (TPSA) is 73.1 Å². The van der Waals surface area contributed by atoms with Gasteiger partial charge in [-0.1, -0.05) is 0 Å². The fourth-order valence-electron chi connectivity index (χ4n) is 1.35. The highest BCUT2D eigenvalue weighted by Crippen LogP contribution is 2.17.